The highest BCUT2D eigenvalue weighted by Crippen LogP contribution is 2.29. The average molecular weight is 405 g/mol. The molecule has 0 fully saturated rings. The number of benzene rings is 2. The van der Waals surface area contributed by atoms with E-state index in [1.807, 2.05) is 36.4 Å². The van der Waals surface area contributed by atoms with Crippen LogP contribution in [0.3, 0.4) is 0 Å². The number of nitrogens with two attached hydrogens (primary N) is 2. The number of H-pyrrole nitrogens is 1. The highest BCUT2D eigenvalue weighted by molar-refractivity contribution is 7.82. The molecule has 4 aromatic rings. The van der Waals surface area contributed by atoms with Crippen molar-refractivity contribution < 1.29 is 4.21 Å². The van der Waals surface area contributed by atoms with Crippen LogP contribution < -0.4 is 21.7 Å². The van der Waals surface area contributed by atoms with Gasteiger partial charge in [0.2, 0.25) is 0 Å². The van der Waals surface area contributed by atoms with Gasteiger partial charge in [-0.2, -0.15) is 0 Å². The summed E-state index contributed by atoms with van der Waals surface area (Å²) in [4.78, 5) is 19.3. The Morgan fingerprint density at radius 2 is 1.90 bits per heavy atom. The number of aromatic amines is 1. The second-order valence-corrected chi connectivity index (χ2v) is 7.75. The first kappa shape index (κ1) is 18.9. The van der Waals surface area contributed by atoms with Crippen molar-refractivity contribution in [3.8, 4) is 11.1 Å². The molecule has 0 saturated carbocycles. The smallest absolute Gasteiger partial charge is 0.250 e. The first-order chi connectivity index (χ1) is 13.9. The summed E-state index contributed by atoms with van der Waals surface area (Å²) in [6.07, 6.45) is 1.69. The van der Waals surface area contributed by atoms with E-state index in [1.54, 1.807) is 31.3 Å². The lowest BCUT2D eigenvalue weighted by atomic mass is 10.0. The van der Waals surface area contributed by atoms with E-state index >= 15 is 0 Å². The number of nitrogens with zero attached hydrogens (tertiary/aromatic N) is 1. The Morgan fingerprint density at radius 3 is 2.66 bits per heavy atom. The van der Waals surface area contributed by atoms with Crippen LogP contribution in [0.2, 0.25) is 0 Å². The van der Waals surface area contributed by atoms with Gasteiger partial charge in [-0.15, -0.1) is 0 Å². The maximum absolute atomic E-state index is 11.6. The van der Waals surface area contributed by atoms with E-state index in [9.17, 15) is 9.00 Å². The third-order valence-corrected chi connectivity index (χ3v) is 5.33. The Morgan fingerprint density at radius 1 is 1.07 bits per heavy atom. The standard InChI is InChI=1S/C21H19N5O2S/c1-12-7-15(11-24-21(12)27)13-5-6-18-14(8-13)9-19(20(22)26-18)25-16-3-2-4-17(10-16)29(23)28/h2-11,25H,23H2,1H3,(H2,22,26)(H,24,27). The minimum atomic E-state index is -1.56. The number of pyridine rings is 2. The highest BCUT2D eigenvalue weighted by atomic mass is 32.2. The third kappa shape index (κ3) is 3.89. The van der Waals surface area contributed by atoms with Crippen LogP contribution in [0.1, 0.15) is 5.56 Å². The molecule has 4 rings (SSSR count). The molecule has 29 heavy (non-hydrogen) atoms. The molecular weight excluding hydrogens is 386 g/mol. The molecule has 1 atom stereocenters. The van der Waals surface area contributed by atoms with Crippen LogP contribution >= 0.6 is 0 Å². The lowest BCUT2D eigenvalue weighted by molar-refractivity contribution is 0.684. The lowest BCUT2D eigenvalue weighted by Gasteiger charge is -2.12. The Labute approximate surface area is 169 Å². The molecule has 0 aliphatic carbocycles. The van der Waals surface area contributed by atoms with Gasteiger partial charge in [0.1, 0.15) is 16.8 Å². The summed E-state index contributed by atoms with van der Waals surface area (Å²) in [6.45, 7) is 1.77. The minimum Gasteiger partial charge on any atom is -0.382 e. The van der Waals surface area contributed by atoms with Crippen LogP contribution in [0.15, 0.2) is 70.5 Å². The van der Waals surface area contributed by atoms with Crippen LogP contribution in [-0.2, 0) is 11.0 Å². The van der Waals surface area contributed by atoms with Gasteiger partial charge in [0.25, 0.3) is 5.56 Å². The molecule has 2 aromatic heterocycles. The second-order valence-electron chi connectivity index (χ2n) is 6.68. The van der Waals surface area contributed by atoms with Crippen molar-refractivity contribution in [2.24, 2.45) is 5.14 Å². The van der Waals surface area contributed by atoms with Gasteiger partial charge in [-0.25, -0.2) is 14.3 Å². The molecular formula is C21H19N5O2S. The van der Waals surface area contributed by atoms with Gasteiger partial charge in [-0.05, 0) is 60.5 Å². The number of rotatable bonds is 4. The number of hydrogen-bond donors (Lipinski definition) is 4. The summed E-state index contributed by atoms with van der Waals surface area (Å²) in [6, 6.07) is 16.6. The zero-order chi connectivity index (χ0) is 20.5. The van der Waals surface area contributed by atoms with Gasteiger partial charge >= 0.3 is 0 Å². The quantitative estimate of drug-likeness (QED) is 0.415. The summed E-state index contributed by atoms with van der Waals surface area (Å²) in [5.74, 6) is 0.351. The van der Waals surface area contributed by atoms with E-state index in [-0.39, 0.29) is 5.56 Å². The molecule has 0 radical (unpaired) electrons. The number of fused-ring (bicyclic) bond motifs is 1. The molecule has 0 bridgehead atoms. The number of hydrogen-bond acceptors (Lipinski definition) is 5. The molecule has 1 unspecified atom stereocenters. The molecule has 0 amide bonds. The zero-order valence-electron chi connectivity index (χ0n) is 15.6. The summed E-state index contributed by atoms with van der Waals surface area (Å²) >= 11 is 0. The van der Waals surface area contributed by atoms with Crippen LogP contribution in [0.25, 0.3) is 22.0 Å². The fourth-order valence-corrected chi connectivity index (χ4v) is 3.55. The zero-order valence-corrected chi connectivity index (χ0v) is 16.4. The summed E-state index contributed by atoms with van der Waals surface area (Å²) < 4.78 is 11.5. The first-order valence-electron chi connectivity index (χ1n) is 8.84. The van der Waals surface area contributed by atoms with E-state index in [4.69, 9.17) is 10.9 Å². The molecule has 8 heteroatoms. The Balaban J connectivity index is 1.74. The fraction of sp³-hybridized carbons (Fsp3) is 0.0476. The van der Waals surface area contributed by atoms with Gasteiger partial charge in [-0.1, -0.05) is 12.1 Å². The topological polar surface area (TPSA) is 127 Å². The van der Waals surface area contributed by atoms with E-state index in [0.717, 1.165) is 22.0 Å². The summed E-state index contributed by atoms with van der Waals surface area (Å²) in [5, 5.41) is 9.56. The van der Waals surface area contributed by atoms with Crippen molar-refractivity contribution in [2.75, 3.05) is 11.1 Å². The SMILES string of the molecule is Cc1cc(-c2ccc3nc(N)c(Nc4cccc(S(N)=O)c4)cc3c2)c[nH]c1=O. The molecule has 7 nitrogen and oxygen atoms in total. The van der Waals surface area contributed by atoms with Crippen molar-refractivity contribution in [3.05, 3.63) is 76.7 Å². The van der Waals surface area contributed by atoms with Gasteiger partial charge in [-0.3, -0.25) is 4.79 Å². The predicted octanol–water partition coefficient (Wildman–Crippen LogP) is 3.21. The molecule has 0 saturated heterocycles. The fourth-order valence-electron chi connectivity index (χ4n) is 3.09. The predicted molar refractivity (Wildman–Crippen MR) is 117 cm³/mol. The van der Waals surface area contributed by atoms with E-state index in [2.05, 4.69) is 15.3 Å². The molecule has 0 spiro atoms. The van der Waals surface area contributed by atoms with Crippen molar-refractivity contribution in [2.45, 2.75) is 11.8 Å². The third-order valence-electron chi connectivity index (χ3n) is 4.61. The molecule has 146 valence electrons. The van der Waals surface area contributed by atoms with Gasteiger partial charge in [0, 0.05) is 22.8 Å². The van der Waals surface area contributed by atoms with Crippen molar-refractivity contribution in [1.29, 1.82) is 0 Å². The summed E-state index contributed by atoms with van der Waals surface area (Å²) in [7, 11) is -1.56. The molecule has 2 heterocycles. The Bertz CT molecular complexity index is 1320. The van der Waals surface area contributed by atoms with E-state index < -0.39 is 11.0 Å². The van der Waals surface area contributed by atoms with Gasteiger partial charge in [0.05, 0.1) is 16.1 Å². The molecule has 2 aromatic carbocycles. The van der Waals surface area contributed by atoms with Crippen molar-refractivity contribution >= 4 is 39.1 Å². The average Bonchev–Trinajstić information content (AvgIpc) is 2.70. The van der Waals surface area contributed by atoms with Crippen molar-refractivity contribution in [3.63, 3.8) is 0 Å². The lowest BCUT2D eigenvalue weighted by Crippen LogP contribution is -2.07. The Kier molecular flexibility index (Phi) is 4.87. The largest absolute Gasteiger partial charge is 0.382 e. The number of aromatic nitrogens is 2. The maximum atomic E-state index is 11.6. The Hall–Kier alpha value is -3.49. The maximum Gasteiger partial charge on any atom is 0.250 e. The normalized spacial score (nSPS) is 12.1. The van der Waals surface area contributed by atoms with E-state index in [1.165, 1.54) is 0 Å². The first-order valence-corrected chi connectivity index (χ1v) is 10.1. The molecule has 0 aliphatic heterocycles. The van der Waals surface area contributed by atoms with Crippen LogP contribution in [0.5, 0.6) is 0 Å². The van der Waals surface area contributed by atoms with Crippen molar-refractivity contribution in [1.82, 2.24) is 9.97 Å². The minimum absolute atomic E-state index is 0.101. The van der Waals surface area contributed by atoms with Crippen LogP contribution in [-0.4, -0.2) is 14.2 Å². The van der Waals surface area contributed by atoms with E-state index in [0.29, 0.717) is 27.7 Å². The number of aryl methyl sites for hydroxylation is 1. The second kappa shape index (κ2) is 7.50. The van der Waals surface area contributed by atoms with Crippen LogP contribution in [0, 0.1) is 6.92 Å². The van der Waals surface area contributed by atoms with Gasteiger partial charge < -0.3 is 16.0 Å². The molecule has 6 N–H and O–H groups in total. The summed E-state index contributed by atoms with van der Waals surface area (Å²) in [5.41, 5.74) is 10.6. The number of anilines is 3. The monoisotopic (exact) mass is 405 g/mol. The number of nitrogens with one attached hydrogen (secondary N) is 2. The van der Waals surface area contributed by atoms with Gasteiger partial charge in [0.15, 0.2) is 0 Å². The molecule has 0 aliphatic rings. The van der Waals surface area contributed by atoms with Crippen LogP contribution in [0.4, 0.5) is 17.2 Å². The number of nitrogen functional groups attached to an aromatic ring is 1. The highest BCUT2D eigenvalue weighted by Gasteiger charge is 2.08.